The van der Waals surface area contributed by atoms with Crippen LogP contribution in [0, 0.1) is 13.8 Å². The molecule has 0 aliphatic heterocycles. The number of aryl methyl sites for hydroxylation is 2. The first-order valence-corrected chi connectivity index (χ1v) is 7.69. The SMILES string of the molecule is Cc1n[nH]c(C)c1S(=O)(=O)N[C@@H](C)C(=O)OC(C)(C)C. The number of hydrogen-bond donors (Lipinski definition) is 2. The number of esters is 1. The molecule has 1 aromatic heterocycles. The monoisotopic (exact) mass is 303 g/mol. The lowest BCUT2D eigenvalue weighted by Crippen LogP contribution is -2.42. The van der Waals surface area contributed by atoms with E-state index in [2.05, 4.69) is 14.9 Å². The van der Waals surface area contributed by atoms with Crippen LogP contribution in [0.3, 0.4) is 0 Å². The number of rotatable bonds is 4. The molecule has 20 heavy (non-hydrogen) atoms. The lowest BCUT2D eigenvalue weighted by atomic mass is 10.2. The van der Waals surface area contributed by atoms with Crippen molar-refractivity contribution in [2.24, 2.45) is 0 Å². The van der Waals surface area contributed by atoms with Crippen LogP contribution in [0.15, 0.2) is 4.90 Å². The molecule has 8 heteroatoms. The maximum absolute atomic E-state index is 12.2. The van der Waals surface area contributed by atoms with Crippen molar-refractivity contribution < 1.29 is 17.9 Å². The Balaban J connectivity index is 2.90. The Labute approximate surface area is 119 Å². The van der Waals surface area contributed by atoms with Gasteiger partial charge in [0.2, 0.25) is 10.0 Å². The lowest BCUT2D eigenvalue weighted by Gasteiger charge is -2.22. The largest absolute Gasteiger partial charge is 0.459 e. The van der Waals surface area contributed by atoms with Crippen LogP contribution in [0.1, 0.15) is 39.1 Å². The number of nitrogens with one attached hydrogen (secondary N) is 2. The van der Waals surface area contributed by atoms with Crippen molar-refractivity contribution in [3.05, 3.63) is 11.4 Å². The first kappa shape index (κ1) is 16.6. The number of nitrogens with zero attached hydrogens (tertiary/aromatic N) is 1. The highest BCUT2D eigenvalue weighted by atomic mass is 32.2. The zero-order chi connectivity index (χ0) is 15.7. The molecule has 0 saturated carbocycles. The standard InChI is InChI=1S/C12H21N3O4S/c1-7-10(8(2)14-13-7)20(17,18)15-9(3)11(16)19-12(4,5)6/h9,15H,1-6H3,(H,13,14)/t9-/m0/s1. The summed E-state index contributed by atoms with van der Waals surface area (Å²) in [7, 11) is -3.82. The second-order valence-electron chi connectivity index (χ2n) is 5.64. The molecule has 0 saturated heterocycles. The van der Waals surface area contributed by atoms with Gasteiger partial charge in [-0.3, -0.25) is 9.89 Å². The van der Waals surface area contributed by atoms with E-state index in [4.69, 9.17) is 4.74 Å². The molecule has 0 aliphatic rings. The molecule has 7 nitrogen and oxygen atoms in total. The summed E-state index contributed by atoms with van der Waals surface area (Å²) in [6.07, 6.45) is 0. The Bertz CT molecular complexity index is 579. The number of H-pyrrole nitrogens is 1. The van der Waals surface area contributed by atoms with Gasteiger partial charge in [-0.1, -0.05) is 0 Å². The molecule has 2 N–H and O–H groups in total. The van der Waals surface area contributed by atoms with Crippen LogP contribution in [0.25, 0.3) is 0 Å². The van der Waals surface area contributed by atoms with Gasteiger partial charge >= 0.3 is 5.97 Å². The maximum Gasteiger partial charge on any atom is 0.324 e. The van der Waals surface area contributed by atoms with Gasteiger partial charge in [0.25, 0.3) is 0 Å². The number of aromatic amines is 1. The number of sulfonamides is 1. The van der Waals surface area contributed by atoms with Crippen molar-refractivity contribution >= 4 is 16.0 Å². The Morgan fingerprint density at radius 3 is 2.30 bits per heavy atom. The van der Waals surface area contributed by atoms with E-state index in [1.807, 2.05) is 0 Å². The first-order chi connectivity index (χ1) is 8.94. The number of aromatic nitrogens is 2. The number of carbonyl (C=O) groups excluding carboxylic acids is 1. The number of hydrogen-bond acceptors (Lipinski definition) is 5. The van der Waals surface area contributed by atoms with Crippen LogP contribution >= 0.6 is 0 Å². The third-order valence-corrected chi connectivity index (χ3v) is 4.22. The van der Waals surface area contributed by atoms with Crippen LogP contribution in [0.4, 0.5) is 0 Å². The average molecular weight is 303 g/mol. The molecule has 1 atom stereocenters. The molecule has 0 radical (unpaired) electrons. The fraction of sp³-hybridized carbons (Fsp3) is 0.667. The summed E-state index contributed by atoms with van der Waals surface area (Å²) in [5.74, 6) is -0.625. The summed E-state index contributed by atoms with van der Waals surface area (Å²) in [6, 6.07) is -0.979. The van der Waals surface area contributed by atoms with E-state index in [1.54, 1.807) is 34.6 Å². The molecule has 0 amide bonds. The second-order valence-corrected chi connectivity index (χ2v) is 7.29. The highest BCUT2D eigenvalue weighted by Gasteiger charge is 2.29. The summed E-state index contributed by atoms with van der Waals surface area (Å²) in [4.78, 5) is 11.9. The minimum atomic E-state index is -3.82. The van der Waals surface area contributed by atoms with Crippen LogP contribution in [-0.2, 0) is 19.6 Å². The van der Waals surface area contributed by atoms with Crippen molar-refractivity contribution in [2.75, 3.05) is 0 Å². The Morgan fingerprint density at radius 1 is 1.35 bits per heavy atom. The van der Waals surface area contributed by atoms with Gasteiger partial charge in [-0.15, -0.1) is 0 Å². The van der Waals surface area contributed by atoms with Gasteiger partial charge in [-0.2, -0.15) is 9.82 Å². The zero-order valence-corrected chi connectivity index (χ0v) is 13.4. The van der Waals surface area contributed by atoms with Gasteiger partial charge in [0.05, 0.1) is 11.4 Å². The summed E-state index contributed by atoms with van der Waals surface area (Å²) in [6.45, 7) is 9.78. The first-order valence-electron chi connectivity index (χ1n) is 6.21. The van der Waals surface area contributed by atoms with Gasteiger partial charge in [0, 0.05) is 0 Å². The molecule has 1 rings (SSSR count). The second kappa shape index (κ2) is 5.53. The van der Waals surface area contributed by atoms with Crippen molar-refractivity contribution in [2.45, 2.75) is 58.1 Å². The van der Waals surface area contributed by atoms with Crippen molar-refractivity contribution in [1.29, 1.82) is 0 Å². The van der Waals surface area contributed by atoms with Gasteiger partial charge < -0.3 is 4.74 Å². The number of ether oxygens (including phenoxy) is 1. The van der Waals surface area contributed by atoms with Crippen molar-refractivity contribution in [1.82, 2.24) is 14.9 Å². The fourth-order valence-electron chi connectivity index (χ4n) is 1.67. The van der Waals surface area contributed by atoms with E-state index < -0.39 is 27.6 Å². The van der Waals surface area contributed by atoms with Gasteiger partial charge in [0.1, 0.15) is 16.5 Å². The molecule has 0 spiro atoms. The average Bonchev–Trinajstić information content (AvgIpc) is 2.55. The third kappa shape index (κ3) is 4.04. The fourth-order valence-corrected chi connectivity index (χ4v) is 3.23. The molecular weight excluding hydrogens is 282 g/mol. The van der Waals surface area contributed by atoms with Gasteiger partial charge in [-0.25, -0.2) is 8.42 Å². The summed E-state index contributed by atoms with van der Waals surface area (Å²) in [5, 5.41) is 6.43. The molecule has 1 heterocycles. The van der Waals surface area contributed by atoms with Crippen LogP contribution in [0.2, 0.25) is 0 Å². The predicted octanol–water partition coefficient (Wildman–Crippen LogP) is 1.04. The molecule has 0 unspecified atom stereocenters. The van der Waals surface area contributed by atoms with Crippen molar-refractivity contribution in [3.8, 4) is 0 Å². The molecule has 0 aliphatic carbocycles. The number of carbonyl (C=O) groups is 1. The lowest BCUT2D eigenvalue weighted by molar-refractivity contribution is -0.156. The van der Waals surface area contributed by atoms with Crippen LogP contribution in [-0.4, -0.2) is 36.2 Å². The topological polar surface area (TPSA) is 101 Å². The molecule has 0 fully saturated rings. The highest BCUT2D eigenvalue weighted by Crippen LogP contribution is 2.17. The van der Waals surface area contributed by atoms with E-state index in [0.717, 1.165) is 0 Å². The molecular formula is C12H21N3O4S. The molecule has 0 bridgehead atoms. The van der Waals surface area contributed by atoms with Crippen LogP contribution < -0.4 is 4.72 Å². The maximum atomic E-state index is 12.2. The summed E-state index contributed by atoms with van der Waals surface area (Å²) >= 11 is 0. The Morgan fingerprint density at radius 2 is 1.90 bits per heavy atom. The third-order valence-electron chi connectivity index (χ3n) is 2.42. The highest BCUT2D eigenvalue weighted by molar-refractivity contribution is 7.89. The van der Waals surface area contributed by atoms with Crippen LogP contribution in [0.5, 0.6) is 0 Å². The quantitative estimate of drug-likeness (QED) is 0.809. The minimum Gasteiger partial charge on any atom is -0.459 e. The van der Waals surface area contributed by atoms with Gasteiger partial charge in [0.15, 0.2) is 0 Å². The Hall–Kier alpha value is -1.41. The Kier molecular flexibility index (Phi) is 4.60. The normalized spacial score (nSPS) is 14.1. The van der Waals surface area contributed by atoms with E-state index in [1.165, 1.54) is 6.92 Å². The smallest absolute Gasteiger partial charge is 0.324 e. The van der Waals surface area contributed by atoms with Gasteiger partial charge in [-0.05, 0) is 41.5 Å². The summed E-state index contributed by atoms with van der Waals surface area (Å²) < 4.78 is 31.9. The molecule has 1 aromatic rings. The van der Waals surface area contributed by atoms with E-state index in [-0.39, 0.29) is 4.90 Å². The van der Waals surface area contributed by atoms with Crippen molar-refractivity contribution in [3.63, 3.8) is 0 Å². The van der Waals surface area contributed by atoms with E-state index >= 15 is 0 Å². The van der Waals surface area contributed by atoms with E-state index in [9.17, 15) is 13.2 Å². The van der Waals surface area contributed by atoms with E-state index in [0.29, 0.717) is 11.4 Å². The minimum absolute atomic E-state index is 0.0629. The molecule has 114 valence electrons. The molecule has 0 aromatic carbocycles. The zero-order valence-electron chi connectivity index (χ0n) is 12.6. The predicted molar refractivity (Wildman–Crippen MR) is 73.7 cm³/mol. The summed E-state index contributed by atoms with van der Waals surface area (Å²) in [5.41, 5.74) is 0.107.